The van der Waals surface area contributed by atoms with Gasteiger partial charge in [0.15, 0.2) is 5.17 Å². The Labute approximate surface area is 142 Å². The van der Waals surface area contributed by atoms with Crippen LogP contribution in [0.5, 0.6) is 0 Å². The second-order valence-electron chi connectivity index (χ2n) is 4.78. The molecule has 6 heteroatoms. The zero-order chi connectivity index (χ0) is 16.4. The van der Waals surface area contributed by atoms with E-state index in [4.69, 9.17) is 11.6 Å². The highest BCUT2D eigenvalue weighted by Gasteiger charge is 2.31. The summed E-state index contributed by atoms with van der Waals surface area (Å²) in [5, 5.41) is 0.496. The molecule has 0 bridgehead atoms. The van der Waals surface area contributed by atoms with Crippen LogP contribution in [0, 0.1) is 5.82 Å². The van der Waals surface area contributed by atoms with E-state index in [1.54, 1.807) is 6.08 Å². The van der Waals surface area contributed by atoms with E-state index in [9.17, 15) is 9.18 Å². The van der Waals surface area contributed by atoms with Crippen LogP contribution in [-0.2, 0) is 4.79 Å². The molecule has 0 saturated carbocycles. The molecule has 0 spiro atoms. The molecule has 1 aliphatic heterocycles. The largest absolute Gasteiger partial charge is 0.283 e. The van der Waals surface area contributed by atoms with Gasteiger partial charge in [-0.25, -0.2) is 9.38 Å². The molecule has 3 nitrogen and oxygen atoms in total. The van der Waals surface area contributed by atoms with Gasteiger partial charge in [-0.15, -0.1) is 0 Å². The molecule has 1 aliphatic rings. The standard InChI is InChI=1S/C17H12ClFN2OS/c1-23-17-20-15(9-11-5-3-2-4-6-11)16(22)21(17)12-7-8-14(19)13(18)10-12/h2-10H,1H3. The molecule has 23 heavy (non-hydrogen) atoms. The fourth-order valence-corrected chi connectivity index (χ4v) is 2.93. The first-order chi connectivity index (χ1) is 11.1. The quantitative estimate of drug-likeness (QED) is 0.745. The summed E-state index contributed by atoms with van der Waals surface area (Å²) in [6.45, 7) is 0. The Morgan fingerprint density at radius 3 is 2.61 bits per heavy atom. The van der Waals surface area contributed by atoms with Crippen LogP contribution in [0.1, 0.15) is 5.56 Å². The average Bonchev–Trinajstić information content (AvgIpc) is 2.87. The van der Waals surface area contributed by atoms with E-state index in [0.717, 1.165) is 5.56 Å². The molecule has 0 aliphatic carbocycles. The van der Waals surface area contributed by atoms with Gasteiger partial charge in [-0.3, -0.25) is 9.69 Å². The minimum absolute atomic E-state index is 0.0313. The molecule has 0 unspecified atom stereocenters. The van der Waals surface area contributed by atoms with E-state index in [1.165, 1.54) is 34.9 Å². The number of halogens is 2. The van der Waals surface area contributed by atoms with E-state index in [1.807, 2.05) is 36.6 Å². The Balaban J connectivity index is 2.00. The van der Waals surface area contributed by atoms with Crippen LogP contribution < -0.4 is 4.90 Å². The zero-order valence-electron chi connectivity index (χ0n) is 12.2. The number of aliphatic imine (C=N–C) groups is 1. The SMILES string of the molecule is CSC1=NC(=Cc2ccccc2)C(=O)N1c1ccc(F)c(Cl)c1. The topological polar surface area (TPSA) is 32.7 Å². The number of thioether (sulfide) groups is 1. The van der Waals surface area contributed by atoms with Crippen LogP contribution in [0.3, 0.4) is 0 Å². The summed E-state index contributed by atoms with van der Waals surface area (Å²) < 4.78 is 13.3. The van der Waals surface area contributed by atoms with Gasteiger partial charge in [0.25, 0.3) is 5.91 Å². The number of rotatable bonds is 2. The molecule has 0 fully saturated rings. The number of anilines is 1. The zero-order valence-corrected chi connectivity index (χ0v) is 13.7. The lowest BCUT2D eigenvalue weighted by atomic mass is 10.2. The van der Waals surface area contributed by atoms with Gasteiger partial charge in [-0.05, 0) is 36.1 Å². The van der Waals surface area contributed by atoms with Gasteiger partial charge in [0.2, 0.25) is 0 Å². The third-order valence-corrected chi connectivity index (χ3v) is 4.21. The van der Waals surface area contributed by atoms with E-state index in [2.05, 4.69) is 4.99 Å². The predicted octanol–water partition coefficient (Wildman–Crippen LogP) is 4.59. The fraction of sp³-hybridized carbons (Fsp3) is 0.0588. The van der Waals surface area contributed by atoms with E-state index >= 15 is 0 Å². The molecule has 0 aromatic heterocycles. The summed E-state index contributed by atoms with van der Waals surface area (Å²) >= 11 is 7.16. The number of carbonyl (C=O) groups excluding carboxylic acids is 1. The maximum absolute atomic E-state index is 13.3. The summed E-state index contributed by atoms with van der Waals surface area (Å²) in [4.78, 5) is 18.5. The second kappa shape index (κ2) is 6.56. The first kappa shape index (κ1) is 15.8. The van der Waals surface area contributed by atoms with Gasteiger partial charge in [0, 0.05) is 0 Å². The Morgan fingerprint density at radius 2 is 1.96 bits per heavy atom. The van der Waals surface area contributed by atoms with Gasteiger partial charge < -0.3 is 0 Å². The van der Waals surface area contributed by atoms with E-state index < -0.39 is 5.82 Å². The lowest BCUT2D eigenvalue weighted by molar-refractivity contribution is -0.113. The van der Waals surface area contributed by atoms with Crippen molar-refractivity contribution in [2.75, 3.05) is 11.2 Å². The van der Waals surface area contributed by atoms with Crippen LogP contribution >= 0.6 is 23.4 Å². The van der Waals surface area contributed by atoms with Crippen LogP contribution in [0.4, 0.5) is 10.1 Å². The minimum atomic E-state index is -0.523. The first-order valence-corrected chi connectivity index (χ1v) is 8.39. The van der Waals surface area contributed by atoms with Gasteiger partial charge in [0.05, 0.1) is 10.7 Å². The number of hydrogen-bond donors (Lipinski definition) is 0. The third-order valence-electron chi connectivity index (χ3n) is 3.28. The number of hydrogen-bond acceptors (Lipinski definition) is 3. The molecule has 0 saturated heterocycles. The van der Waals surface area contributed by atoms with Crippen molar-refractivity contribution in [3.63, 3.8) is 0 Å². The van der Waals surface area contributed by atoms with Crippen LogP contribution in [0.15, 0.2) is 59.2 Å². The monoisotopic (exact) mass is 346 g/mol. The van der Waals surface area contributed by atoms with Gasteiger partial charge >= 0.3 is 0 Å². The highest BCUT2D eigenvalue weighted by Crippen LogP contribution is 2.30. The second-order valence-corrected chi connectivity index (χ2v) is 5.96. The van der Waals surface area contributed by atoms with E-state index in [-0.39, 0.29) is 10.9 Å². The van der Waals surface area contributed by atoms with Crippen molar-refractivity contribution in [1.82, 2.24) is 0 Å². The minimum Gasteiger partial charge on any atom is -0.266 e. The predicted molar refractivity (Wildman–Crippen MR) is 94.3 cm³/mol. The fourth-order valence-electron chi connectivity index (χ4n) is 2.19. The highest BCUT2D eigenvalue weighted by molar-refractivity contribution is 8.13. The van der Waals surface area contributed by atoms with Crippen molar-refractivity contribution in [3.8, 4) is 0 Å². The Hall–Kier alpha value is -2.11. The summed E-state index contributed by atoms with van der Waals surface area (Å²) in [5.41, 5.74) is 1.71. The molecular formula is C17H12ClFN2OS. The molecule has 3 rings (SSSR count). The molecule has 116 valence electrons. The molecular weight excluding hydrogens is 335 g/mol. The number of carbonyl (C=O) groups is 1. The Morgan fingerprint density at radius 1 is 1.22 bits per heavy atom. The maximum Gasteiger partial charge on any atom is 0.283 e. The lowest BCUT2D eigenvalue weighted by Gasteiger charge is -2.17. The van der Waals surface area contributed by atoms with Gasteiger partial charge in [0.1, 0.15) is 11.5 Å². The smallest absolute Gasteiger partial charge is 0.266 e. The normalized spacial score (nSPS) is 16.1. The molecule has 2 aromatic rings. The van der Waals surface area contributed by atoms with Crippen molar-refractivity contribution in [1.29, 1.82) is 0 Å². The van der Waals surface area contributed by atoms with E-state index in [0.29, 0.717) is 16.6 Å². The number of amides is 1. The Kier molecular flexibility index (Phi) is 4.50. The third kappa shape index (κ3) is 3.16. The summed E-state index contributed by atoms with van der Waals surface area (Å²) in [7, 11) is 0. The number of benzene rings is 2. The van der Waals surface area contributed by atoms with Crippen molar-refractivity contribution >= 4 is 46.2 Å². The molecule has 2 aromatic carbocycles. The number of nitrogens with zero attached hydrogens (tertiary/aromatic N) is 2. The molecule has 1 heterocycles. The van der Waals surface area contributed by atoms with Crippen molar-refractivity contribution < 1.29 is 9.18 Å². The van der Waals surface area contributed by atoms with Crippen molar-refractivity contribution in [2.45, 2.75) is 0 Å². The highest BCUT2D eigenvalue weighted by atomic mass is 35.5. The first-order valence-electron chi connectivity index (χ1n) is 6.79. The molecule has 1 amide bonds. The van der Waals surface area contributed by atoms with Crippen LogP contribution in [0.25, 0.3) is 6.08 Å². The summed E-state index contributed by atoms with van der Waals surface area (Å²) in [6, 6.07) is 13.6. The molecule has 0 radical (unpaired) electrons. The van der Waals surface area contributed by atoms with Gasteiger partial charge in [-0.1, -0.05) is 53.7 Å². The van der Waals surface area contributed by atoms with Crippen LogP contribution in [0.2, 0.25) is 5.02 Å². The summed E-state index contributed by atoms with van der Waals surface area (Å²) in [5.74, 6) is -0.786. The lowest BCUT2D eigenvalue weighted by Crippen LogP contribution is -2.30. The van der Waals surface area contributed by atoms with Crippen LogP contribution in [-0.4, -0.2) is 17.3 Å². The molecule has 0 N–H and O–H groups in total. The summed E-state index contributed by atoms with van der Waals surface area (Å²) in [6.07, 6.45) is 3.55. The average molecular weight is 347 g/mol. The maximum atomic E-state index is 13.3. The van der Waals surface area contributed by atoms with Gasteiger partial charge in [-0.2, -0.15) is 0 Å². The Bertz CT molecular complexity index is 821. The number of amidine groups is 1. The van der Waals surface area contributed by atoms with Crippen molar-refractivity contribution in [2.24, 2.45) is 4.99 Å². The van der Waals surface area contributed by atoms with Crippen molar-refractivity contribution in [3.05, 3.63) is 70.6 Å². The molecule has 0 atom stereocenters.